The summed E-state index contributed by atoms with van der Waals surface area (Å²) in [6.45, 7) is 0. The Hall–Kier alpha value is -3.41. The molecule has 4 aromatic rings. The van der Waals surface area contributed by atoms with Gasteiger partial charge in [0.2, 0.25) is 5.95 Å². The second-order valence-corrected chi connectivity index (χ2v) is 5.45. The van der Waals surface area contributed by atoms with Crippen LogP contribution in [0.4, 0.5) is 5.95 Å². The summed E-state index contributed by atoms with van der Waals surface area (Å²) in [6.07, 6.45) is 3.20. The lowest BCUT2D eigenvalue weighted by Crippen LogP contribution is -2.15. The molecule has 6 heteroatoms. The SMILES string of the molecule is Cn1cc(C(=O)Nc2nc3ccccc3n2-c2ccccc2)cn1. The topological polar surface area (TPSA) is 64.7 Å². The maximum Gasteiger partial charge on any atom is 0.261 e. The summed E-state index contributed by atoms with van der Waals surface area (Å²) in [5.41, 5.74) is 3.19. The Kier molecular flexibility index (Phi) is 3.35. The number of hydrogen-bond donors (Lipinski definition) is 1. The second kappa shape index (κ2) is 5.66. The molecule has 4 rings (SSSR count). The van der Waals surface area contributed by atoms with Crippen molar-refractivity contribution in [2.75, 3.05) is 5.32 Å². The van der Waals surface area contributed by atoms with Gasteiger partial charge in [-0.1, -0.05) is 30.3 Å². The molecule has 0 saturated carbocycles. The Balaban J connectivity index is 1.81. The average molecular weight is 317 g/mol. The Morgan fingerprint density at radius 2 is 1.79 bits per heavy atom. The highest BCUT2D eigenvalue weighted by Crippen LogP contribution is 2.24. The molecule has 0 atom stereocenters. The van der Waals surface area contributed by atoms with Crippen LogP contribution in [-0.2, 0) is 7.05 Å². The third-order valence-corrected chi connectivity index (χ3v) is 3.77. The molecule has 2 aromatic heterocycles. The number of hydrogen-bond acceptors (Lipinski definition) is 3. The van der Waals surface area contributed by atoms with Crippen LogP contribution >= 0.6 is 0 Å². The van der Waals surface area contributed by atoms with Gasteiger partial charge in [0.25, 0.3) is 5.91 Å². The summed E-state index contributed by atoms with van der Waals surface area (Å²) in [6, 6.07) is 17.6. The van der Waals surface area contributed by atoms with Gasteiger partial charge in [-0.3, -0.25) is 19.4 Å². The monoisotopic (exact) mass is 317 g/mol. The first-order valence-corrected chi connectivity index (χ1v) is 7.55. The number of fused-ring (bicyclic) bond motifs is 1. The molecular weight excluding hydrogens is 302 g/mol. The molecule has 6 nitrogen and oxygen atoms in total. The van der Waals surface area contributed by atoms with Gasteiger partial charge in [0.05, 0.1) is 22.8 Å². The van der Waals surface area contributed by atoms with Crippen LogP contribution in [0.2, 0.25) is 0 Å². The molecule has 0 spiro atoms. The van der Waals surface area contributed by atoms with Crippen molar-refractivity contribution >= 4 is 22.9 Å². The highest BCUT2D eigenvalue weighted by Gasteiger charge is 2.16. The molecule has 118 valence electrons. The number of aryl methyl sites for hydroxylation is 1. The summed E-state index contributed by atoms with van der Waals surface area (Å²) in [7, 11) is 1.77. The quantitative estimate of drug-likeness (QED) is 0.632. The molecule has 0 unspecified atom stereocenters. The number of para-hydroxylation sites is 3. The van der Waals surface area contributed by atoms with Gasteiger partial charge in [-0.15, -0.1) is 0 Å². The molecule has 0 bridgehead atoms. The first-order valence-electron chi connectivity index (χ1n) is 7.55. The number of amides is 1. The van der Waals surface area contributed by atoms with E-state index in [2.05, 4.69) is 15.4 Å². The molecule has 0 radical (unpaired) electrons. The fourth-order valence-corrected chi connectivity index (χ4v) is 2.66. The van der Waals surface area contributed by atoms with E-state index in [0.29, 0.717) is 11.5 Å². The Bertz CT molecular complexity index is 1020. The van der Waals surface area contributed by atoms with Crippen molar-refractivity contribution in [2.24, 2.45) is 7.05 Å². The van der Waals surface area contributed by atoms with Crippen LogP contribution in [0.1, 0.15) is 10.4 Å². The summed E-state index contributed by atoms with van der Waals surface area (Å²) in [5.74, 6) is 0.242. The van der Waals surface area contributed by atoms with E-state index in [1.54, 1.807) is 17.9 Å². The molecule has 24 heavy (non-hydrogen) atoms. The van der Waals surface area contributed by atoms with Gasteiger partial charge in [0.1, 0.15) is 0 Å². The lowest BCUT2D eigenvalue weighted by atomic mass is 10.3. The van der Waals surface area contributed by atoms with Crippen molar-refractivity contribution in [3.05, 3.63) is 72.6 Å². The molecule has 0 fully saturated rings. The lowest BCUT2D eigenvalue weighted by Gasteiger charge is -2.09. The minimum atomic E-state index is -0.240. The first-order chi connectivity index (χ1) is 11.7. The van der Waals surface area contributed by atoms with Gasteiger partial charge in [-0.2, -0.15) is 5.10 Å². The van der Waals surface area contributed by atoms with Crippen LogP contribution < -0.4 is 5.32 Å². The zero-order valence-corrected chi connectivity index (χ0v) is 13.0. The van der Waals surface area contributed by atoms with Crippen LogP contribution in [0, 0.1) is 0 Å². The number of nitrogens with one attached hydrogen (secondary N) is 1. The fraction of sp³-hybridized carbons (Fsp3) is 0.0556. The number of nitrogens with zero attached hydrogens (tertiary/aromatic N) is 4. The number of carbonyl (C=O) groups excluding carboxylic acids is 1. The number of benzene rings is 2. The summed E-state index contributed by atoms with van der Waals surface area (Å²) < 4.78 is 3.53. The van der Waals surface area contributed by atoms with Crippen LogP contribution in [0.25, 0.3) is 16.7 Å². The molecule has 2 aromatic carbocycles. The molecule has 0 aliphatic rings. The van der Waals surface area contributed by atoms with Crippen LogP contribution in [-0.4, -0.2) is 25.2 Å². The van der Waals surface area contributed by atoms with Crippen molar-refractivity contribution in [2.45, 2.75) is 0 Å². The zero-order valence-electron chi connectivity index (χ0n) is 13.0. The normalized spacial score (nSPS) is 10.9. The van der Waals surface area contributed by atoms with Crippen molar-refractivity contribution in [1.82, 2.24) is 19.3 Å². The number of anilines is 1. The predicted molar refractivity (Wildman–Crippen MR) is 92.2 cm³/mol. The van der Waals surface area contributed by atoms with E-state index < -0.39 is 0 Å². The van der Waals surface area contributed by atoms with Crippen molar-refractivity contribution in [3.8, 4) is 5.69 Å². The lowest BCUT2D eigenvalue weighted by molar-refractivity contribution is 0.102. The maximum absolute atomic E-state index is 12.5. The molecular formula is C18H15N5O. The predicted octanol–water partition coefficient (Wildman–Crippen LogP) is 3.01. The molecule has 1 amide bonds. The smallest absolute Gasteiger partial charge is 0.261 e. The largest absolute Gasteiger partial charge is 0.291 e. The number of imidazole rings is 1. The van der Waals surface area contributed by atoms with Crippen molar-refractivity contribution in [1.29, 1.82) is 0 Å². The van der Waals surface area contributed by atoms with E-state index >= 15 is 0 Å². The Morgan fingerprint density at radius 3 is 2.54 bits per heavy atom. The minimum absolute atomic E-state index is 0.240. The molecule has 1 N–H and O–H groups in total. The van der Waals surface area contributed by atoms with Gasteiger partial charge in [-0.05, 0) is 24.3 Å². The zero-order chi connectivity index (χ0) is 16.5. The van der Waals surface area contributed by atoms with Gasteiger partial charge < -0.3 is 0 Å². The van der Waals surface area contributed by atoms with E-state index in [-0.39, 0.29) is 5.91 Å². The molecule has 0 aliphatic heterocycles. The maximum atomic E-state index is 12.5. The van der Waals surface area contributed by atoms with Crippen molar-refractivity contribution in [3.63, 3.8) is 0 Å². The van der Waals surface area contributed by atoms with Crippen LogP contribution in [0.5, 0.6) is 0 Å². The Labute approximate surface area is 138 Å². The van der Waals surface area contributed by atoms with Crippen molar-refractivity contribution < 1.29 is 4.79 Å². The van der Waals surface area contributed by atoms with E-state index in [1.807, 2.05) is 59.2 Å². The van der Waals surface area contributed by atoms with E-state index in [4.69, 9.17) is 0 Å². The summed E-state index contributed by atoms with van der Waals surface area (Å²) in [4.78, 5) is 17.0. The second-order valence-electron chi connectivity index (χ2n) is 5.45. The summed E-state index contributed by atoms with van der Waals surface area (Å²) >= 11 is 0. The van der Waals surface area contributed by atoms with Gasteiger partial charge in [-0.25, -0.2) is 4.98 Å². The fourth-order valence-electron chi connectivity index (χ4n) is 2.66. The highest BCUT2D eigenvalue weighted by molar-refractivity contribution is 6.04. The standard InChI is InChI=1S/C18H15N5O/c1-22-12-13(11-19-22)17(24)21-18-20-15-9-5-6-10-16(15)23(18)14-7-3-2-4-8-14/h2-12H,1H3,(H,20,21,24). The average Bonchev–Trinajstić information content (AvgIpc) is 3.19. The highest BCUT2D eigenvalue weighted by atomic mass is 16.1. The van der Waals surface area contributed by atoms with Crippen LogP contribution in [0.3, 0.4) is 0 Å². The van der Waals surface area contributed by atoms with Gasteiger partial charge in [0, 0.05) is 18.9 Å². The van der Waals surface area contributed by atoms with Crippen LogP contribution in [0.15, 0.2) is 67.0 Å². The molecule has 0 saturated heterocycles. The third kappa shape index (κ3) is 2.44. The molecule has 0 aliphatic carbocycles. The number of carbonyl (C=O) groups is 1. The van der Waals surface area contributed by atoms with Gasteiger partial charge in [0.15, 0.2) is 0 Å². The van der Waals surface area contributed by atoms with E-state index in [1.165, 1.54) is 6.20 Å². The molecule has 2 heterocycles. The number of aromatic nitrogens is 4. The minimum Gasteiger partial charge on any atom is -0.291 e. The van der Waals surface area contributed by atoms with E-state index in [0.717, 1.165) is 16.7 Å². The van der Waals surface area contributed by atoms with Gasteiger partial charge >= 0.3 is 0 Å². The Morgan fingerprint density at radius 1 is 1.04 bits per heavy atom. The first kappa shape index (κ1) is 14.2. The third-order valence-electron chi connectivity index (χ3n) is 3.77. The summed E-state index contributed by atoms with van der Waals surface area (Å²) in [5, 5.41) is 6.92. The van der Waals surface area contributed by atoms with E-state index in [9.17, 15) is 4.79 Å². The number of rotatable bonds is 3.